The van der Waals surface area contributed by atoms with Crippen LogP contribution in [0.4, 0.5) is 13.2 Å². The van der Waals surface area contributed by atoms with Gasteiger partial charge in [-0.25, -0.2) is 0 Å². The molecule has 0 N–H and O–H groups in total. The maximum atomic E-state index is 12.1. The fraction of sp³-hybridized carbons (Fsp3) is 0.125. The minimum Gasteiger partial charge on any atom is -0.487 e. The van der Waals surface area contributed by atoms with Crippen LogP contribution in [0, 0.1) is 0 Å². The first-order chi connectivity index (χ1) is 9.94. The van der Waals surface area contributed by atoms with Gasteiger partial charge in [0.05, 0.1) is 5.02 Å². The topological polar surface area (TPSA) is 9.23 Å². The number of halogens is 4. The molecule has 0 radical (unpaired) electrons. The monoisotopic (exact) mass is 312 g/mol. The Bertz CT molecular complexity index is 621. The smallest absolute Gasteiger partial charge is 0.409 e. The molecule has 0 heterocycles. The first-order valence-corrected chi connectivity index (χ1v) is 6.54. The van der Waals surface area contributed by atoms with E-state index in [1.54, 1.807) is 6.07 Å². The van der Waals surface area contributed by atoms with Gasteiger partial charge in [0.25, 0.3) is 0 Å². The van der Waals surface area contributed by atoms with Crippen LogP contribution < -0.4 is 4.74 Å². The van der Waals surface area contributed by atoms with Gasteiger partial charge in [0, 0.05) is 6.08 Å². The molecule has 2 aromatic carbocycles. The van der Waals surface area contributed by atoms with Crippen molar-refractivity contribution in [1.82, 2.24) is 0 Å². The molecule has 0 saturated carbocycles. The van der Waals surface area contributed by atoms with Crippen LogP contribution in [0.3, 0.4) is 0 Å². The van der Waals surface area contributed by atoms with Gasteiger partial charge < -0.3 is 4.74 Å². The molecule has 5 heteroatoms. The molecule has 2 aromatic rings. The van der Waals surface area contributed by atoms with Crippen molar-refractivity contribution in [1.29, 1.82) is 0 Å². The molecule has 21 heavy (non-hydrogen) atoms. The van der Waals surface area contributed by atoms with E-state index in [0.717, 1.165) is 11.6 Å². The second-order valence-corrected chi connectivity index (χ2v) is 4.75. The fourth-order valence-electron chi connectivity index (χ4n) is 1.66. The molecule has 0 amide bonds. The second kappa shape index (κ2) is 6.68. The summed E-state index contributed by atoms with van der Waals surface area (Å²) in [4.78, 5) is 0. The van der Waals surface area contributed by atoms with E-state index in [4.69, 9.17) is 16.3 Å². The third kappa shape index (κ3) is 5.16. The molecule has 0 aliphatic carbocycles. The van der Waals surface area contributed by atoms with E-state index in [1.165, 1.54) is 12.1 Å². The lowest BCUT2D eigenvalue weighted by Crippen LogP contribution is -2.00. The molecule has 1 nitrogen and oxygen atoms in total. The third-order valence-electron chi connectivity index (χ3n) is 2.66. The summed E-state index contributed by atoms with van der Waals surface area (Å²) in [5, 5.41) is 0.273. The Hall–Kier alpha value is -1.94. The largest absolute Gasteiger partial charge is 0.487 e. The van der Waals surface area contributed by atoms with Crippen molar-refractivity contribution in [3.8, 4) is 5.75 Å². The van der Waals surface area contributed by atoms with Crippen molar-refractivity contribution >= 4 is 17.7 Å². The summed E-state index contributed by atoms with van der Waals surface area (Å²) in [6.07, 6.45) is -3.20. The van der Waals surface area contributed by atoms with Crippen LogP contribution in [0.5, 0.6) is 5.75 Å². The number of alkyl halides is 3. The van der Waals surface area contributed by atoms with Gasteiger partial charge in [-0.05, 0) is 23.3 Å². The molecule has 0 aromatic heterocycles. The number of hydrogen-bond acceptors (Lipinski definition) is 1. The molecule has 0 aliphatic rings. The molecule has 0 spiro atoms. The van der Waals surface area contributed by atoms with E-state index >= 15 is 0 Å². The summed E-state index contributed by atoms with van der Waals surface area (Å²) in [7, 11) is 0. The van der Waals surface area contributed by atoms with Gasteiger partial charge in [-0.1, -0.05) is 54.1 Å². The first kappa shape index (κ1) is 15.4. The number of rotatable bonds is 4. The van der Waals surface area contributed by atoms with Crippen LogP contribution in [0.25, 0.3) is 6.08 Å². The average molecular weight is 313 g/mol. The van der Waals surface area contributed by atoms with E-state index in [1.807, 2.05) is 30.3 Å². The number of benzene rings is 2. The highest BCUT2D eigenvalue weighted by atomic mass is 35.5. The molecule has 0 aliphatic heterocycles. The van der Waals surface area contributed by atoms with E-state index in [0.29, 0.717) is 17.9 Å². The van der Waals surface area contributed by atoms with Crippen LogP contribution in [-0.4, -0.2) is 6.18 Å². The van der Waals surface area contributed by atoms with E-state index in [9.17, 15) is 13.2 Å². The molecule has 0 unspecified atom stereocenters. The van der Waals surface area contributed by atoms with Crippen LogP contribution in [0.2, 0.25) is 5.02 Å². The quantitative estimate of drug-likeness (QED) is 0.725. The average Bonchev–Trinajstić information content (AvgIpc) is 2.44. The normalized spacial score (nSPS) is 11.8. The Labute approximate surface area is 125 Å². The zero-order valence-corrected chi connectivity index (χ0v) is 11.7. The molecule has 110 valence electrons. The van der Waals surface area contributed by atoms with Gasteiger partial charge in [-0.3, -0.25) is 0 Å². The third-order valence-corrected chi connectivity index (χ3v) is 2.95. The summed E-state index contributed by atoms with van der Waals surface area (Å²) in [6, 6.07) is 14.0. The van der Waals surface area contributed by atoms with E-state index in [-0.39, 0.29) is 11.1 Å². The Balaban J connectivity index is 2.04. The molecule has 0 saturated heterocycles. The Morgan fingerprint density at radius 2 is 1.76 bits per heavy atom. The predicted molar refractivity (Wildman–Crippen MR) is 77.3 cm³/mol. The number of allylic oxidation sites excluding steroid dienone is 1. The summed E-state index contributed by atoms with van der Waals surface area (Å²) < 4.78 is 41.8. The van der Waals surface area contributed by atoms with E-state index < -0.39 is 6.18 Å². The first-order valence-electron chi connectivity index (χ1n) is 6.16. The van der Waals surface area contributed by atoms with Crippen molar-refractivity contribution in [3.05, 3.63) is 70.8 Å². The Morgan fingerprint density at radius 3 is 2.38 bits per heavy atom. The highest BCUT2D eigenvalue weighted by molar-refractivity contribution is 6.32. The lowest BCUT2D eigenvalue weighted by atomic mass is 10.2. The fourth-order valence-corrected chi connectivity index (χ4v) is 1.91. The van der Waals surface area contributed by atoms with Crippen LogP contribution in [0.1, 0.15) is 11.1 Å². The Kier molecular flexibility index (Phi) is 4.91. The SMILES string of the molecule is FC(F)(F)/C=C/c1ccc(OCc2ccccc2)c(Cl)c1. The summed E-state index contributed by atoms with van der Waals surface area (Å²) in [6.45, 7) is 0.346. The minimum atomic E-state index is -4.34. The van der Waals surface area contributed by atoms with Gasteiger partial charge in [-0.15, -0.1) is 0 Å². The predicted octanol–water partition coefficient (Wildman–Crippen LogP) is 5.49. The summed E-state index contributed by atoms with van der Waals surface area (Å²) in [5.74, 6) is 0.435. The molecule has 0 atom stereocenters. The Morgan fingerprint density at radius 1 is 1.05 bits per heavy atom. The molecular weight excluding hydrogens is 301 g/mol. The van der Waals surface area contributed by atoms with Gasteiger partial charge >= 0.3 is 6.18 Å². The van der Waals surface area contributed by atoms with Crippen LogP contribution >= 0.6 is 11.6 Å². The summed E-state index contributed by atoms with van der Waals surface area (Å²) >= 11 is 6.01. The minimum absolute atomic E-state index is 0.170. The number of hydrogen-bond donors (Lipinski definition) is 0. The molecule has 0 bridgehead atoms. The second-order valence-electron chi connectivity index (χ2n) is 4.34. The molecule has 2 rings (SSSR count). The number of ether oxygens (including phenoxy) is 1. The van der Waals surface area contributed by atoms with Gasteiger partial charge in [0.2, 0.25) is 0 Å². The lowest BCUT2D eigenvalue weighted by molar-refractivity contribution is -0.0790. The van der Waals surface area contributed by atoms with Gasteiger partial charge in [-0.2, -0.15) is 13.2 Å². The maximum Gasteiger partial charge on any atom is 0.409 e. The lowest BCUT2D eigenvalue weighted by Gasteiger charge is -2.08. The zero-order chi connectivity index (χ0) is 15.3. The standard InChI is InChI=1S/C16H12ClF3O/c17-14-10-12(8-9-16(18,19)20)6-7-15(14)21-11-13-4-2-1-3-5-13/h1-10H,11H2/b9-8+. The van der Waals surface area contributed by atoms with Crippen molar-refractivity contribution < 1.29 is 17.9 Å². The van der Waals surface area contributed by atoms with Crippen molar-refractivity contribution in [2.24, 2.45) is 0 Å². The highest BCUT2D eigenvalue weighted by Crippen LogP contribution is 2.27. The van der Waals surface area contributed by atoms with Crippen molar-refractivity contribution in [2.75, 3.05) is 0 Å². The summed E-state index contributed by atoms with van der Waals surface area (Å²) in [5.41, 5.74) is 1.35. The van der Waals surface area contributed by atoms with E-state index in [2.05, 4.69) is 0 Å². The maximum absolute atomic E-state index is 12.1. The van der Waals surface area contributed by atoms with Crippen LogP contribution in [0.15, 0.2) is 54.6 Å². The van der Waals surface area contributed by atoms with Gasteiger partial charge in [0.1, 0.15) is 12.4 Å². The van der Waals surface area contributed by atoms with Crippen LogP contribution in [-0.2, 0) is 6.61 Å². The molecule has 0 fully saturated rings. The van der Waals surface area contributed by atoms with Crippen molar-refractivity contribution in [2.45, 2.75) is 12.8 Å². The van der Waals surface area contributed by atoms with Gasteiger partial charge in [0.15, 0.2) is 0 Å². The highest BCUT2D eigenvalue weighted by Gasteiger charge is 2.21. The van der Waals surface area contributed by atoms with Crippen molar-refractivity contribution in [3.63, 3.8) is 0 Å². The molecular formula is C16H12ClF3O. The zero-order valence-electron chi connectivity index (χ0n) is 10.9.